The van der Waals surface area contributed by atoms with Crippen molar-refractivity contribution in [1.29, 1.82) is 0 Å². The Labute approximate surface area is 181 Å². The molecule has 0 saturated heterocycles. The molecule has 2 atom stereocenters. The van der Waals surface area contributed by atoms with Gasteiger partial charge < -0.3 is 25.0 Å². The lowest BCUT2D eigenvalue weighted by molar-refractivity contribution is 0.0798. The molecule has 7 heteroatoms. The van der Waals surface area contributed by atoms with E-state index in [1.54, 1.807) is 21.3 Å². The molecule has 154 valence electrons. The third-order valence-corrected chi connectivity index (χ3v) is 5.47. The van der Waals surface area contributed by atoms with E-state index in [4.69, 9.17) is 9.47 Å². The van der Waals surface area contributed by atoms with E-state index in [2.05, 4.69) is 41.5 Å². The molecule has 0 heterocycles. The minimum Gasteiger partial charge on any atom is -0.493 e. The summed E-state index contributed by atoms with van der Waals surface area (Å²) in [6, 6.07) is 5.76. The van der Waals surface area contributed by atoms with Crippen molar-refractivity contribution in [1.82, 2.24) is 10.2 Å². The van der Waals surface area contributed by atoms with E-state index in [0.29, 0.717) is 11.5 Å². The Morgan fingerprint density at radius 3 is 2.52 bits per heavy atom. The van der Waals surface area contributed by atoms with Crippen LogP contribution >= 0.6 is 24.0 Å². The van der Waals surface area contributed by atoms with Crippen molar-refractivity contribution in [2.75, 3.05) is 47.2 Å². The molecule has 0 aromatic heterocycles. The maximum absolute atomic E-state index is 5.37. The van der Waals surface area contributed by atoms with Gasteiger partial charge in [-0.15, -0.1) is 24.0 Å². The standard InChI is InChI=1S/C20H34N4O2.HI/c1-15-8-7-11-20(13-15,24(3)4)14-22-19(21-2)23-16-9-10-17(25-5)18(12-16)26-6;/h9-10,12,15H,7-8,11,13-14H2,1-6H3,(H2,21,22,23);1H. The van der Waals surface area contributed by atoms with Crippen LogP contribution in [0.1, 0.15) is 32.6 Å². The lowest BCUT2D eigenvalue weighted by atomic mass is 9.75. The van der Waals surface area contributed by atoms with Gasteiger partial charge in [-0.3, -0.25) is 4.99 Å². The molecule has 0 aliphatic heterocycles. The van der Waals surface area contributed by atoms with Gasteiger partial charge in [-0.25, -0.2) is 0 Å². The normalized spacial score (nSPS) is 22.8. The SMILES string of the molecule is CN=C(NCC1(N(C)C)CCCC(C)C1)Nc1ccc(OC)c(OC)c1.I. The number of benzene rings is 1. The van der Waals surface area contributed by atoms with Crippen LogP contribution in [0.25, 0.3) is 0 Å². The number of nitrogens with zero attached hydrogens (tertiary/aromatic N) is 2. The smallest absolute Gasteiger partial charge is 0.195 e. The van der Waals surface area contributed by atoms with Crippen molar-refractivity contribution < 1.29 is 9.47 Å². The molecular formula is C20H35IN4O2. The van der Waals surface area contributed by atoms with Gasteiger partial charge in [0.05, 0.1) is 14.2 Å². The lowest BCUT2D eigenvalue weighted by Gasteiger charge is -2.45. The molecule has 2 rings (SSSR count). The maximum Gasteiger partial charge on any atom is 0.195 e. The Morgan fingerprint density at radius 1 is 1.26 bits per heavy atom. The van der Waals surface area contributed by atoms with E-state index in [-0.39, 0.29) is 29.5 Å². The molecule has 6 nitrogen and oxygen atoms in total. The highest BCUT2D eigenvalue weighted by molar-refractivity contribution is 14.0. The summed E-state index contributed by atoms with van der Waals surface area (Å²) in [6.07, 6.45) is 5.03. The average Bonchev–Trinajstić information content (AvgIpc) is 2.64. The topological polar surface area (TPSA) is 58.1 Å². The predicted octanol–water partition coefficient (Wildman–Crippen LogP) is 3.82. The number of hydrogen-bond donors (Lipinski definition) is 2. The molecule has 1 aromatic rings. The number of nitrogens with one attached hydrogen (secondary N) is 2. The second kappa shape index (κ2) is 10.9. The third-order valence-electron chi connectivity index (χ3n) is 5.47. The maximum atomic E-state index is 5.37. The summed E-state index contributed by atoms with van der Waals surface area (Å²) in [5.74, 6) is 2.92. The molecule has 1 aliphatic carbocycles. The highest BCUT2D eigenvalue weighted by Crippen LogP contribution is 2.35. The van der Waals surface area contributed by atoms with Gasteiger partial charge in [-0.05, 0) is 45.0 Å². The molecule has 1 aromatic carbocycles. The van der Waals surface area contributed by atoms with E-state index in [9.17, 15) is 0 Å². The second-order valence-electron chi connectivity index (χ2n) is 7.44. The Bertz CT molecular complexity index is 624. The first-order valence-electron chi connectivity index (χ1n) is 9.31. The van der Waals surface area contributed by atoms with E-state index >= 15 is 0 Å². The highest BCUT2D eigenvalue weighted by Gasteiger charge is 2.36. The molecule has 0 spiro atoms. The number of anilines is 1. The molecular weight excluding hydrogens is 455 g/mol. The summed E-state index contributed by atoms with van der Waals surface area (Å²) in [6.45, 7) is 3.23. The Hall–Kier alpha value is -1.22. The monoisotopic (exact) mass is 490 g/mol. The van der Waals surface area contributed by atoms with Gasteiger partial charge in [0.25, 0.3) is 0 Å². The van der Waals surface area contributed by atoms with E-state index in [0.717, 1.165) is 24.1 Å². The number of ether oxygens (including phenoxy) is 2. The van der Waals surface area contributed by atoms with E-state index in [1.807, 2.05) is 18.2 Å². The molecule has 0 bridgehead atoms. The highest BCUT2D eigenvalue weighted by atomic mass is 127. The summed E-state index contributed by atoms with van der Waals surface area (Å²) in [5.41, 5.74) is 1.08. The molecule has 2 N–H and O–H groups in total. The second-order valence-corrected chi connectivity index (χ2v) is 7.44. The molecule has 1 saturated carbocycles. The van der Waals surface area contributed by atoms with Crippen LogP contribution in [0.5, 0.6) is 11.5 Å². The van der Waals surface area contributed by atoms with Gasteiger partial charge in [0.15, 0.2) is 17.5 Å². The first-order chi connectivity index (χ1) is 12.4. The fourth-order valence-electron chi connectivity index (χ4n) is 3.84. The lowest BCUT2D eigenvalue weighted by Crippen LogP contribution is -2.55. The van der Waals surface area contributed by atoms with Gasteiger partial charge >= 0.3 is 0 Å². The summed E-state index contributed by atoms with van der Waals surface area (Å²) >= 11 is 0. The summed E-state index contributed by atoms with van der Waals surface area (Å²) in [5, 5.41) is 6.87. The number of halogens is 1. The Kier molecular flexibility index (Phi) is 9.66. The summed E-state index contributed by atoms with van der Waals surface area (Å²) in [4.78, 5) is 6.75. The number of hydrogen-bond acceptors (Lipinski definition) is 4. The minimum atomic E-state index is 0. The van der Waals surface area contributed by atoms with Crippen molar-refractivity contribution in [3.63, 3.8) is 0 Å². The average molecular weight is 490 g/mol. The zero-order valence-electron chi connectivity index (χ0n) is 17.5. The van der Waals surface area contributed by atoms with Gasteiger partial charge in [-0.1, -0.05) is 19.8 Å². The predicted molar refractivity (Wildman–Crippen MR) is 124 cm³/mol. The quantitative estimate of drug-likeness (QED) is 0.361. The molecule has 27 heavy (non-hydrogen) atoms. The number of methoxy groups -OCH3 is 2. The van der Waals surface area contributed by atoms with Crippen LogP contribution < -0.4 is 20.1 Å². The van der Waals surface area contributed by atoms with Gasteiger partial charge in [0, 0.05) is 30.9 Å². The first-order valence-corrected chi connectivity index (χ1v) is 9.31. The summed E-state index contributed by atoms with van der Waals surface area (Å²) < 4.78 is 10.7. The van der Waals surface area contributed by atoms with Crippen molar-refractivity contribution in [2.45, 2.75) is 38.1 Å². The van der Waals surface area contributed by atoms with Crippen LogP contribution in [-0.4, -0.2) is 58.3 Å². The largest absolute Gasteiger partial charge is 0.493 e. The fraction of sp³-hybridized carbons (Fsp3) is 0.650. The van der Waals surface area contributed by atoms with Crippen LogP contribution in [0.3, 0.4) is 0 Å². The van der Waals surface area contributed by atoms with Crippen molar-refractivity contribution in [3.8, 4) is 11.5 Å². The van der Waals surface area contributed by atoms with Crippen LogP contribution in [0.4, 0.5) is 5.69 Å². The zero-order chi connectivity index (χ0) is 19.2. The Balaban J connectivity index is 0.00000364. The fourth-order valence-corrected chi connectivity index (χ4v) is 3.84. The van der Waals surface area contributed by atoms with Crippen LogP contribution in [0, 0.1) is 5.92 Å². The first kappa shape index (κ1) is 23.8. The Morgan fingerprint density at radius 2 is 1.96 bits per heavy atom. The molecule has 0 radical (unpaired) electrons. The summed E-state index contributed by atoms with van der Waals surface area (Å²) in [7, 11) is 9.44. The molecule has 2 unspecified atom stereocenters. The molecule has 1 aliphatic rings. The van der Waals surface area contributed by atoms with Crippen molar-refractivity contribution >= 4 is 35.6 Å². The number of guanidine groups is 1. The van der Waals surface area contributed by atoms with Gasteiger partial charge in [-0.2, -0.15) is 0 Å². The number of rotatable bonds is 6. The van der Waals surface area contributed by atoms with Crippen molar-refractivity contribution in [2.24, 2.45) is 10.9 Å². The van der Waals surface area contributed by atoms with Gasteiger partial charge in [0.2, 0.25) is 0 Å². The number of likely N-dealkylation sites (N-methyl/N-ethyl adjacent to an activating group) is 1. The number of aliphatic imine (C=N–C) groups is 1. The minimum absolute atomic E-state index is 0. The van der Waals surface area contributed by atoms with Crippen LogP contribution in [0.15, 0.2) is 23.2 Å². The molecule has 0 amide bonds. The van der Waals surface area contributed by atoms with Crippen LogP contribution in [-0.2, 0) is 0 Å². The van der Waals surface area contributed by atoms with E-state index < -0.39 is 0 Å². The third kappa shape index (κ3) is 6.14. The van der Waals surface area contributed by atoms with Crippen molar-refractivity contribution in [3.05, 3.63) is 18.2 Å². The van der Waals surface area contributed by atoms with E-state index in [1.165, 1.54) is 25.7 Å². The zero-order valence-corrected chi connectivity index (χ0v) is 19.8. The molecule has 1 fully saturated rings. The van der Waals surface area contributed by atoms with Gasteiger partial charge in [0.1, 0.15) is 0 Å². The van der Waals surface area contributed by atoms with Crippen LogP contribution in [0.2, 0.25) is 0 Å².